The van der Waals surface area contributed by atoms with Gasteiger partial charge < -0.3 is 43.6 Å². The van der Waals surface area contributed by atoms with E-state index in [4.69, 9.17) is 38.3 Å². The van der Waals surface area contributed by atoms with Crippen LogP contribution in [0.3, 0.4) is 0 Å². The maximum absolute atomic E-state index is 12.7. The molecular weight excluding hydrogens is 570 g/mol. The summed E-state index contributed by atoms with van der Waals surface area (Å²) in [5.41, 5.74) is -3.39. The molecule has 14 nitrogen and oxygen atoms in total. The number of carbonyl (C=O) groups excluding carboxylic acids is 4. The first kappa shape index (κ1) is 40.2. The lowest BCUT2D eigenvalue weighted by Gasteiger charge is -2.34. The van der Waals surface area contributed by atoms with Crippen LogP contribution in [0.4, 0.5) is 0 Å². The van der Waals surface area contributed by atoms with Crippen LogP contribution in [-0.2, 0) is 57.1 Å². The number of hydrogen-bond donors (Lipinski definition) is 2. The number of ether oxygens (including phenoxy) is 7. The number of rotatable bonds is 20. The van der Waals surface area contributed by atoms with E-state index >= 15 is 0 Å². The lowest BCUT2D eigenvalue weighted by molar-refractivity contribution is -0.157. The Kier molecular flexibility index (Phi) is 17.5. The summed E-state index contributed by atoms with van der Waals surface area (Å²) in [4.78, 5) is 59.8. The van der Waals surface area contributed by atoms with Crippen molar-refractivity contribution in [1.82, 2.24) is 5.32 Å². The monoisotopic (exact) mass is 621 g/mol. The van der Waals surface area contributed by atoms with Gasteiger partial charge in [-0.2, -0.15) is 0 Å². The number of nitrogens with one attached hydrogen (secondary N) is 1. The average Bonchev–Trinajstić information content (AvgIpc) is 2.79. The average molecular weight is 622 g/mol. The summed E-state index contributed by atoms with van der Waals surface area (Å²) in [5.74, 6) is -3.38. The summed E-state index contributed by atoms with van der Waals surface area (Å²) in [6, 6.07) is 0. The summed E-state index contributed by atoms with van der Waals surface area (Å²) in [6.07, 6.45) is -0.202. The van der Waals surface area contributed by atoms with Crippen LogP contribution in [0.5, 0.6) is 0 Å². The van der Waals surface area contributed by atoms with E-state index in [0.29, 0.717) is 0 Å². The first-order chi connectivity index (χ1) is 19.6. The van der Waals surface area contributed by atoms with Crippen molar-refractivity contribution >= 4 is 29.8 Å². The Labute approximate surface area is 254 Å². The van der Waals surface area contributed by atoms with Crippen LogP contribution in [0.1, 0.15) is 81.6 Å². The van der Waals surface area contributed by atoms with Crippen molar-refractivity contribution in [1.29, 1.82) is 0 Å². The van der Waals surface area contributed by atoms with Crippen LogP contribution in [-0.4, -0.2) is 110 Å². The zero-order valence-corrected chi connectivity index (χ0v) is 27.1. The molecule has 0 aliphatic heterocycles. The second-order valence-corrected chi connectivity index (χ2v) is 12.9. The van der Waals surface area contributed by atoms with Gasteiger partial charge in [-0.05, 0) is 62.3 Å². The molecule has 2 N–H and O–H groups in total. The quantitative estimate of drug-likeness (QED) is 0.115. The van der Waals surface area contributed by atoms with Gasteiger partial charge in [-0.3, -0.25) is 19.2 Å². The Hall–Kier alpha value is -2.81. The molecule has 0 aromatic heterocycles. The Morgan fingerprint density at radius 3 is 1.14 bits per heavy atom. The SMILES string of the molecule is CC(C)(C)OC(=O)CCOCC(COCCC(=O)OC(C)(C)C)(COCCC(=O)OC(C)(C)C)NC(=O)COCC(=O)O. The molecule has 0 saturated heterocycles. The smallest absolute Gasteiger partial charge is 0.329 e. The number of carbonyl (C=O) groups is 5. The summed E-state index contributed by atoms with van der Waals surface area (Å²) in [5, 5.41) is 11.5. The number of amides is 1. The van der Waals surface area contributed by atoms with E-state index in [1.807, 2.05) is 0 Å². The number of carboxylic acid groups (broad SMARTS) is 1. The van der Waals surface area contributed by atoms with Gasteiger partial charge in [0.2, 0.25) is 5.91 Å². The van der Waals surface area contributed by atoms with Crippen LogP contribution < -0.4 is 5.32 Å². The van der Waals surface area contributed by atoms with Crippen LogP contribution >= 0.6 is 0 Å². The first-order valence-corrected chi connectivity index (χ1v) is 14.1. The molecule has 0 aliphatic carbocycles. The van der Waals surface area contributed by atoms with Crippen molar-refractivity contribution in [2.24, 2.45) is 0 Å². The highest BCUT2D eigenvalue weighted by Crippen LogP contribution is 2.14. The molecule has 0 aliphatic rings. The topological polar surface area (TPSA) is 182 Å². The van der Waals surface area contributed by atoms with Gasteiger partial charge in [0, 0.05) is 0 Å². The normalized spacial score (nSPS) is 12.4. The van der Waals surface area contributed by atoms with E-state index in [0.717, 1.165) is 0 Å². The van der Waals surface area contributed by atoms with Gasteiger partial charge in [0.05, 0.1) is 58.9 Å². The van der Waals surface area contributed by atoms with E-state index in [9.17, 15) is 24.0 Å². The fourth-order valence-electron chi connectivity index (χ4n) is 3.24. The van der Waals surface area contributed by atoms with E-state index in [1.54, 1.807) is 62.3 Å². The molecule has 0 rings (SSSR count). The van der Waals surface area contributed by atoms with Crippen LogP contribution in [0.15, 0.2) is 0 Å². The lowest BCUT2D eigenvalue weighted by Crippen LogP contribution is -2.59. The molecule has 0 unspecified atom stereocenters. The van der Waals surface area contributed by atoms with Crippen molar-refractivity contribution in [3.8, 4) is 0 Å². The molecule has 250 valence electrons. The van der Waals surface area contributed by atoms with Crippen molar-refractivity contribution in [2.75, 3.05) is 52.9 Å². The Morgan fingerprint density at radius 1 is 0.535 bits per heavy atom. The molecule has 0 aromatic carbocycles. The molecule has 0 atom stereocenters. The molecule has 43 heavy (non-hydrogen) atoms. The summed E-state index contributed by atoms with van der Waals surface area (Å²) in [6.45, 7) is 13.6. The fourth-order valence-corrected chi connectivity index (χ4v) is 3.24. The maximum atomic E-state index is 12.7. The predicted molar refractivity (Wildman–Crippen MR) is 153 cm³/mol. The summed E-state index contributed by atoms with van der Waals surface area (Å²) in [7, 11) is 0. The molecule has 0 radical (unpaired) electrons. The third-order valence-corrected chi connectivity index (χ3v) is 4.61. The Morgan fingerprint density at radius 2 is 0.860 bits per heavy atom. The molecular formula is C29H51NO13. The second kappa shape index (κ2) is 18.8. The van der Waals surface area contributed by atoms with Crippen molar-refractivity contribution in [2.45, 2.75) is 104 Å². The van der Waals surface area contributed by atoms with Gasteiger partial charge >= 0.3 is 23.9 Å². The molecule has 0 spiro atoms. The summed E-state index contributed by atoms with van der Waals surface area (Å²) < 4.78 is 37.9. The van der Waals surface area contributed by atoms with E-state index in [-0.39, 0.29) is 58.9 Å². The fraction of sp³-hybridized carbons (Fsp3) is 0.828. The predicted octanol–water partition coefficient (Wildman–Crippen LogP) is 2.19. The summed E-state index contributed by atoms with van der Waals surface area (Å²) >= 11 is 0. The highest BCUT2D eigenvalue weighted by molar-refractivity contribution is 5.78. The van der Waals surface area contributed by atoms with Gasteiger partial charge in [-0.15, -0.1) is 0 Å². The van der Waals surface area contributed by atoms with Gasteiger partial charge in [0.15, 0.2) is 0 Å². The molecule has 0 saturated carbocycles. The zero-order valence-electron chi connectivity index (χ0n) is 27.1. The largest absolute Gasteiger partial charge is 0.480 e. The number of hydrogen-bond acceptors (Lipinski definition) is 12. The molecule has 0 aromatic rings. The molecule has 0 heterocycles. The van der Waals surface area contributed by atoms with Crippen LogP contribution in [0.25, 0.3) is 0 Å². The molecule has 0 fully saturated rings. The second-order valence-electron chi connectivity index (χ2n) is 12.9. The minimum atomic E-state index is -1.38. The molecule has 14 heteroatoms. The van der Waals surface area contributed by atoms with Crippen molar-refractivity contribution in [3.63, 3.8) is 0 Å². The Balaban J connectivity index is 5.58. The number of carboxylic acids is 1. The van der Waals surface area contributed by atoms with Crippen molar-refractivity contribution in [3.05, 3.63) is 0 Å². The number of esters is 3. The van der Waals surface area contributed by atoms with Crippen LogP contribution in [0, 0.1) is 0 Å². The van der Waals surface area contributed by atoms with E-state index in [2.05, 4.69) is 5.32 Å². The van der Waals surface area contributed by atoms with Gasteiger partial charge in [0.1, 0.15) is 35.6 Å². The van der Waals surface area contributed by atoms with Crippen molar-refractivity contribution < 1.29 is 62.2 Å². The molecule has 1 amide bonds. The first-order valence-electron chi connectivity index (χ1n) is 14.1. The highest BCUT2D eigenvalue weighted by Gasteiger charge is 2.34. The standard InChI is InChI=1S/C29H51NO13/c1-26(2,3)41-23(34)10-13-37-18-29(30-21(31)16-40-17-22(32)33,19-38-14-11-24(35)42-27(4,5)6)20-39-15-12-25(36)43-28(7,8)9/h10-20H2,1-9H3,(H,30,31)(H,32,33). The minimum Gasteiger partial charge on any atom is -0.480 e. The third-order valence-electron chi connectivity index (χ3n) is 4.61. The van der Waals surface area contributed by atoms with Gasteiger partial charge in [0.25, 0.3) is 0 Å². The molecule has 0 bridgehead atoms. The lowest BCUT2D eigenvalue weighted by atomic mass is 10.0. The van der Waals surface area contributed by atoms with Gasteiger partial charge in [-0.25, -0.2) is 4.79 Å². The van der Waals surface area contributed by atoms with Crippen LogP contribution in [0.2, 0.25) is 0 Å². The van der Waals surface area contributed by atoms with E-state index < -0.39 is 65.3 Å². The number of aliphatic carboxylic acids is 1. The van der Waals surface area contributed by atoms with Gasteiger partial charge in [-0.1, -0.05) is 0 Å². The Bertz CT molecular complexity index is 809. The third kappa shape index (κ3) is 24.3. The van der Waals surface area contributed by atoms with E-state index in [1.165, 1.54) is 0 Å². The maximum Gasteiger partial charge on any atom is 0.329 e. The minimum absolute atomic E-state index is 0.0577. The zero-order chi connectivity index (χ0) is 33.3. The highest BCUT2D eigenvalue weighted by atomic mass is 16.6.